The maximum Gasteiger partial charge on any atom is 0.340 e. The summed E-state index contributed by atoms with van der Waals surface area (Å²) >= 11 is 0. The van der Waals surface area contributed by atoms with Crippen molar-refractivity contribution in [3.05, 3.63) is 108 Å². The molecule has 1 fully saturated rings. The van der Waals surface area contributed by atoms with Gasteiger partial charge in [-0.15, -0.1) is 0 Å². The van der Waals surface area contributed by atoms with Crippen molar-refractivity contribution in [3.63, 3.8) is 0 Å². The Morgan fingerprint density at radius 3 is 2.39 bits per heavy atom. The van der Waals surface area contributed by atoms with Crippen molar-refractivity contribution in [2.24, 2.45) is 4.99 Å². The van der Waals surface area contributed by atoms with E-state index in [-0.39, 0.29) is 47.3 Å². The van der Waals surface area contributed by atoms with Crippen LogP contribution in [0.15, 0.2) is 101 Å². The number of aldehydes is 1. The number of allylic oxidation sites excluding steroid dienone is 1. The quantitative estimate of drug-likeness (QED) is 0.183. The standard InChI is InChI=1S/C37H40N2O6Si/c1-27(45-46(37(2,3)4,29-13-7-5-8-14-29)30-15-9-6-10-16-30)23-33-31(17-12-20-38-33)36(42)39-21-22-43-25-28(39)26-44-35-19-11-18-34(41)32(35)24-40/h5-11,13-20,24,27-28H,21-23,25-26H2,1-4H3/p+1/t27-,28+/m1/s1. The van der Waals surface area contributed by atoms with Gasteiger partial charge in [0.05, 0.1) is 30.9 Å². The minimum atomic E-state index is -2.82. The molecule has 1 saturated heterocycles. The average Bonchev–Trinajstić information content (AvgIpc) is 3.06. The second-order valence-corrected chi connectivity index (χ2v) is 16.8. The highest BCUT2D eigenvalue weighted by Gasteiger charge is 2.51. The minimum Gasteiger partial charge on any atom is -0.507 e. The monoisotopic (exact) mass is 637 g/mol. The van der Waals surface area contributed by atoms with E-state index in [9.17, 15) is 14.7 Å². The fourth-order valence-corrected chi connectivity index (χ4v) is 10.9. The van der Waals surface area contributed by atoms with Gasteiger partial charge in [-0.1, -0.05) is 87.5 Å². The Morgan fingerprint density at radius 2 is 1.76 bits per heavy atom. The molecule has 46 heavy (non-hydrogen) atoms. The first kappa shape index (κ1) is 33.0. The van der Waals surface area contributed by atoms with E-state index in [1.54, 1.807) is 29.3 Å². The largest absolute Gasteiger partial charge is 0.507 e. The molecule has 9 heteroatoms. The van der Waals surface area contributed by atoms with Crippen LogP contribution in [0.4, 0.5) is 0 Å². The lowest BCUT2D eigenvalue weighted by Gasteiger charge is -2.44. The highest BCUT2D eigenvalue weighted by atomic mass is 28.4. The van der Waals surface area contributed by atoms with E-state index in [4.69, 9.17) is 13.9 Å². The second-order valence-electron chi connectivity index (χ2n) is 12.6. The number of carbonyl (C=O) groups is 2. The molecule has 2 heterocycles. The van der Waals surface area contributed by atoms with Gasteiger partial charge in [0.1, 0.15) is 29.9 Å². The summed E-state index contributed by atoms with van der Waals surface area (Å²) in [6, 6.07) is 25.2. The van der Waals surface area contributed by atoms with Gasteiger partial charge in [0.25, 0.3) is 8.32 Å². The van der Waals surface area contributed by atoms with Gasteiger partial charge in [-0.3, -0.25) is 4.79 Å². The lowest BCUT2D eigenvalue weighted by molar-refractivity contribution is -0.136. The second kappa shape index (κ2) is 14.4. The lowest BCUT2D eigenvalue weighted by Crippen LogP contribution is -2.67. The van der Waals surface area contributed by atoms with Crippen LogP contribution in [0.1, 0.15) is 44.5 Å². The number of amides is 1. The third kappa shape index (κ3) is 6.88. The zero-order valence-corrected chi connectivity index (χ0v) is 27.8. The van der Waals surface area contributed by atoms with E-state index in [1.165, 1.54) is 16.4 Å². The molecular formula is C37H41N2O6Si+. The average molecular weight is 638 g/mol. The van der Waals surface area contributed by atoms with E-state index < -0.39 is 14.4 Å². The number of aliphatic imine (C=N–C) groups is 1. The van der Waals surface area contributed by atoms with Crippen molar-refractivity contribution in [2.45, 2.75) is 51.3 Å². The number of morpholine rings is 1. The Hall–Kier alpha value is -4.40. The van der Waals surface area contributed by atoms with E-state index >= 15 is 0 Å². The van der Waals surface area contributed by atoms with Crippen LogP contribution < -0.4 is 15.1 Å². The summed E-state index contributed by atoms with van der Waals surface area (Å²) < 4.78 is 18.9. The van der Waals surface area contributed by atoms with Gasteiger partial charge in [-0.2, -0.15) is 0 Å². The van der Waals surface area contributed by atoms with E-state index in [1.807, 2.05) is 12.1 Å². The Kier molecular flexibility index (Phi) is 10.3. The maximum absolute atomic E-state index is 14.1. The van der Waals surface area contributed by atoms with Gasteiger partial charge in [0.15, 0.2) is 18.6 Å². The number of benzene rings is 3. The van der Waals surface area contributed by atoms with Crippen LogP contribution in [0.5, 0.6) is 11.5 Å². The molecule has 0 aromatic heterocycles. The number of hydrogen-bond donors (Lipinski definition) is 1. The third-order valence-corrected chi connectivity index (χ3v) is 13.6. The smallest absolute Gasteiger partial charge is 0.340 e. The van der Waals surface area contributed by atoms with Crippen LogP contribution in [0.3, 0.4) is 0 Å². The first-order valence-corrected chi connectivity index (χ1v) is 17.5. The van der Waals surface area contributed by atoms with Crippen molar-refractivity contribution >= 4 is 37.1 Å². The van der Waals surface area contributed by atoms with Crippen molar-refractivity contribution in [2.75, 3.05) is 26.4 Å². The SMILES string of the molecule is C[C@H](CC1=C(C(=O)N2CCOC[C@H]2COc2cccc(O)c2C=O)C=[C+]C=N1)O[Si](c1ccccc1)(c1ccccc1)C(C)(C)C. The van der Waals surface area contributed by atoms with Crippen molar-refractivity contribution < 1.29 is 28.6 Å². The molecule has 1 N–H and O–H groups in total. The molecule has 2 aliphatic rings. The van der Waals surface area contributed by atoms with Gasteiger partial charge in [-0.05, 0) is 34.5 Å². The Morgan fingerprint density at radius 1 is 1.09 bits per heavy atom. The van der Waals surface area contributed by atoms with Crippen molar-refractivity contribution in [1.82, 2.24) is 4.90 Å². The van der Waals surface area contributed by atoms with Gasteiger partial charge < -0.3 is 23.9 Å². The summed E-state index contributed by atoms with van der Waals surface area (Å²) in [6.45, 7) is 9.90. The predicted molar refractivity (Wildman–Crippen MR) is 181 cm³/mol. The molecule has 0 radical (unpaired) electrons. The zero-order valence-electron chi connectivity index (χ0n) is 26.8. The summed E-state index contributed by atoms with van der Waals surface area (Å²) in [5, 5.41) is 12.2. The van der Waals surface area contributed by atoms with Crippen LogP contribution in [0.2, 0.25) is 5.04 Å². The molecule has 3 aromatic carbocycles. The molecule has 2 aliphatic heterocycles. The molecule has 8 nitrogen and oxygen atoms in total. The Bertz CT molecular complexity index is 1570. The number of phenolic OH excluding ortho intramolecular Hbond substituents is 1. The fourth-order valence-electron chi connectivity index (χ4n) is 6.22. The molecular weight excluding hydrogens is 597 g/mol. The summed E-state index contributed by atoms with van der Waals surface area (Å²) in [4.78, 5) is 32.0. The molecule has 0 aliphatic carbocycles. The van der Waals surface area contributed by atoms with E-state index in [2.05, 4.69) is 87.3 Å². The molecule has 0 spiro atoms. The zero-order chi connectivity index (χ0) is 32.7. The fraction of sp³-hybridized carbons (Fsp3) is 0.324. The molecule has 0 saturated carbocycles. The number of ether oxygens (including phenoxy) is 2. The number of hydrogen-bond acceptors (Lipinski definition) is 7. The van der Waals surface area contributed by atoms with E-state index in [0.29, 0.717) is 37.1 Å². The van der Waals surface area contributed by atoms with Crippen LogP contribution in [-0.2, 0) is 14.0 Å². The predicted octanol–water partition coefficient (Wildman–Crippen LogP) is 4.86. The Balaban J connectivity index is 1.41. The summed E-state index contributed by atoms with van der Waals surface area (Å²) in [7, 11) is -2.82. The highest BCUT2D eigenvalue weighted by Crippen LogP contribution is 2.38. The van der Waals surface area contributed by atoms with E-state index in [0.717, 1.165) is 0 Å². The molecule has 3 aromatic rings. The molecule has 0 bridgehead atoms. The van der Waals surface area contributed by atoms with Crippen molar-refractivity contribution in [1.29, 1.82) is 0 Å². The lowest BCUT2D eigenvalue weighted by atomic mass is 10.0. The number of phenols is 1. The van der Waals surface area contributed by atoms with Crippen molar-refractivity contribution in [3.8, 4) is 11.5 Å². The normalized spacial score (nSPS) is 17.4. The van der Waals surface area contributed by atoms with Crippen LogP contribution in [-0.4, -0.2) is 75.2 Å². The number of nitrogens with zero attached hydrogens (tertiary/aromatic N) is 2. The van der Waals surface area contributed by atoms with Gasteiger partial charge >= 0.3 is 5.91 Å². The van der Waals surface area contributed by atoms with Crippen LogP contribution in [0, 0.1) is 6.08 Å². The third-order valence-electron chi connectivity index (χ3n) is 8.42. The summed E-state index contributed by atoms with van der Waals surface area (Å²) in [6.07, 6.45) is 6.99. The molecule has 2 atom stereocenters. The maximum atomic E-state index is 14.1. The number of rotatable bonds is 11. The van der Waals surface area contributed by atoms with Gasteiger partial charge in [-0.25, -0.2) is 9.79 Å². The minimum absolute atomic E-state index is 0.0659. The topological polar surface area (TPSA) is 97.7 Å². The Labute approximate surface area is 272 Å². The molecule has 1 amide bonds. The van der Waals surface area contributed by atoms with Crippen LogP contribution >= 0.6 is 0 Å². The summed E-state index contributed by atoms with van der Waals surface area (Å²) in [5.74, 6) is -0.108. The van der Waals surface area contributed by atoms with Gasteiger partial charge in [0, 0.05) is 13.0 Å². The van der Waals surface area contributed by atoms with Crippen LogP contribution in [0.25, 0.3) is 0 Å². The molecule has 5 rings (SSSR count). The summed E-state index contributed by atoms with van der Waals surface area (Å²) in [5.41, 5.74) is 1.16. The number of aromatic hydroxyl groups is 1. The van der Waals surface area contributed by atoms with Gasteiger partial charge in [0.2, 0.25) is 5.57 Å². The first-order chi connectivity index (χ1) is 22.2. The highest BCUT2D eigenvalue weighted by molar-refractivity contribution is 6.99. The first-order valence-electron chi connectivity index (χ1n) is 15.6. The number of carbonyl (C=O) groups excluding carboxylic acids is 2. The molecule has 0 unspecified atom stereocenters. The molecule has 238 valence electrons.